The molecule has 0 radical (unpaired) electrons. The van der Waals surface area contributed by atoms with Gasteiger partial charge in [-0.2, -0.15) is 4.98 Å². The van der Waals surface area contributed by atoms with Crippen LogP contribution in [0.4, 0.5) is 0 Å². The summed E-state index contributed by atoms with van der Waals surface area (Å²) in [5.41, 5.74) is 0.949. The molecule has 0 amide bonds. The van der Waals surface area contributed by atoms with Crippen LogP contribution in [0.2, 0.25) is 0 Å². The molecule has 1 fully saturated rings. The molecule has 3 heterocycles. The number of piperidine rings is 1. The van der Waals surface area contributed by atoms with Crippen molar-refractivity contribution in [1.29, 1.82) is 0 Å². The second-order valence-electron chi connectivity index (χ2n) is 4.65. The van der Waals surface area contributed by atoms with Crippen molar-refractivity contribution in [3.05, 3.63) is 30.4 Å². The summed E-state index contributed by atoms with van der Waals surface area (Å²) in [4.78, 5) is 8.43. The molecule has 2 aromatic heterocycles. The highest BCUT2D eigenvalue weighted by Crippen LogP contribution is 2.19. The lowest BCUT2D eigenvalue weighted by atomic mass is 9.95. The fourth-order valence-electron chi connectivity index (χ4n) is 2.29. The van der Waals surface area contributed by atoms with E-state index in [4.69, 9.17) is 4.52 Å². The van der Waals surface area contributed by atoms with E-state index in [1.165, 1.54) is 12.8 Å². The molecular weight excluding hydrogens is 228 g/mol. The van der Waals surface area contributed by atoms with Crippen molar-refractivity contribution in [1.82, 2.24) is 20.4 Å². The molecule has 94 valence electrons. The lowest BCUT2D eigenvalue weighted by molar-refractivity contribution is 0.313. The fourth-order valence-corrected chi connectivity index (χ4v) is 2.29. The molecule has 1 aliphatic rings. The number of nitrogens with zero attached hydrogens (tertiary/aromatic N) is 3. The summed E-state index contributed by atoms with van der Waals surface area (Å²) in [6, 6.07) is 3.78. The van der Waals surface area contributed by atoms with Crippen LogP contribution in [0.15, 0.2) is 29.0 Å². The SMILES string of the molecule is c1cc(-c2noc(CC3CCNCC3)n2)ccn1. The van der Waals surface area contributed by atoms with Crippen molar-refractivity contribution < 1.29 is 4.52 Å². The summed E-state index contributed by atoms with van der Waals surface area (Å²) >= 11 is 0. The van der Waals surface area contributed by atoms with E-state index in [1.807, 2.05) is 12.1 Å². The van der Waals surface area contributed by atoms with E-state index in [9.17, 15) is 0 Å². The third kappa shape index (κ3) is 2.56. The zero-order valence-corrected chi connectivity index (χ0v) is 10.2. The van der Waals surface area contributed by atoms with Gasteiger partial charge in [0, 0.05) is 24.4 Å². The molecular formula is C13H16N4O. The maximum Gasteiger partial charge on any atom is 0.227 e. The first-order valence-corrected chi connectivity index (χ1v) is 6.35. The monoisotopic (exact) mass is 244 g/mol. The normalized spacial score (nSPS) is 16.9. The van der Waals surface area contributed by atoms with Crippen molar-refractivity contribution in [2.24, 2.45) is 5.92 Å². The predicted molar refractivity (Wildman–Crippen MR) is 66.8 cm³/mol. The molecule has 2 aromatic rings. The van der Waals surface area contributed by atoms with Gasteiger partial charge >= 0.3 is 0 Å². The lowest BCUT2D eigenvalue weighted by Gasteiger charge is -2.20. The van der Waals surface area contributed by atoms with Gasteiger partial charge < -0.3 is 9.84 Å². The third-order valence-corrected chi connectivity index (χ3v) is 3.33. The van der Waals surface area contributed by atoms with Crippen molar-refractivity contribution in [2.75, 3.05) is 13.1 Å². The molecule has 0 bridgehead atoms. The first-order chi connectivity index (χ1) is 8.92. The molecule has 5 heteroatoms. The van der Waals surface area contributed by atoms with Crippen LogP contribution >= 0.6 is 0 Å². The molecule has 18 heavy (non-hydrogen) atoms. The van der Waals surface area contributed by atoms with E-state index in [0.717, 1.165) is 31.0 Å². The van der Waals surface area contributed by atoms with Crippen LogP contribution in [0.1, 0.15) is 18.7 Å². The van der Waals surface area contributed by atoms with Gasteiger partial charge in [-0.3, -0.25) is 4.98 Å². The Bertz CT molecular complexity index is 491. The van der Waals surface area contributed by atoms with E-state index in [-0.39, 0.29) is 0 Å². The smallest absolute Gasteiger partial charge is 0.227 e. The minimum Gasteiger partial charge on any atom is -0.339 e. The summed E-state index contributed by atoms with van der Waals surface area (Å²) in [5, 5.41) is 7.38. The van der Waals surface area contributed by atoms with Gasteiger partial charge in [-0.05, 0) is 44.0 Å². The van der Waals surface area contributed by atoms with Gasteiger partial charge in [0.1, 0.15) is 0 Å². The van der Waals surface area contributed by atoms with Crippen molar-refractivity contribution in [3.8, 4) is 11.4 Å². The Morgan fingerprint density at radius 2 is 2.00 bits per heavy atom. The highest BCUT2D eigenvalue weighted by atomic mass is 16.5. The average Bonchev–Trinajstić information content (AvgIpc) is 2.89. The minimum atomic E-state index is 0.654. The van der Waals surface area contributed by atoms with E-state index >= 15 is 0 Å². The average molecular weight is 244 g/mol. The van der Waals surface area contributed by atoms with Crippen LogP contribution < -0.4 is 5.32 Å². The third-order valence-electron chi connectivity index (χ3n) is 3.33. The summed E-state index contributed by atoms with van der Waals surface area (Å²) in [7, 11) is 0. The Morgan fingerprint density at radius 3 is 2.78 bits per heavy atom. The van der Waals surface area contributed by atoms with Crippen molar-refractivity contribution in [2.45, 2.75) is 19.3 Å². The Morgan fingerprint density at radius 1 is 1.22 bits per heavy atom. The fraction of sp³-hybridized carbons (Fsp3) is 0.462. The molecule has 0 unspecified atom stereocenters. The van der Waals surface area contributed by atoms with E-state index in [0.29, 0.717) is 11.7 Å². The van der Waals surface area contributed by atoms with E-state index in [1.54, 1.807) is 12.4 Å². The zero-order valence-electron chi connectivity index (χ0n) is 10.2. The van der Waals surface area contributed by atoms with Gasteiger partial charge in [0.05, 0.1) is 0 Å². The molecule has 1 aliphatic heterocycles. The van der Waals surface area contributed by atoms with Crippen LogP contribution in [-0.2, 0) is 6.42 Å². The maximum absolute atomic E-state index is 5.32. The number of aromatic nitrogens is 3. The Kier molecular flexibility index (Phi) is 3.32. The number of nitrogens with one attached hydrogen (secondary N) is 1. The largest absolute Gasteiger partial charge is 0.339 e. The van der Waals surface area contributed by atoms with Crippen molar-refractivity contribution in [3.63, 3.8) is 0 Å². The number of hydrogen-bond acceptors (Lipinski definition) is 5. The van der Waals surface area contributed by atoms with Gasteiger partial charge in [-0.1, -0.05) is 5.16 Å². The second kappa shape index (κ2) is 5.27. The second-order valence-corrected chi connectivity index (χ2v) is 4.65. The minimum absolute atomic E-state index is 0.654. The molecule has 0 spiro atoms. The summed E-state index contributed by atoms with van der Waals surface area (Å²) in [5.74, 6) is 2.06. The molecule has 1 saturated heterocycles. The summed E-state index contributed by atoms with van der Waals surface area (Å²) in [6.07, 6.45) is 6.73. The van der Waals surface area contributed by atoms with Crippen LogP contribution in [-0.4, -0.2) is 28.2 Å². The lowest BCUT2D eigenvalue weighted by Crippen LogP contribution is -2.28. The maximum atomic E-state index is 5.32. The van der Waals surface area contributed by atoms with Crippen LogP contribution in [0.25, 0.3) is 11.4 Å². The topological polar surface area (TPSA) is 63.8 Å². The first-order valence-electron chi connectivity index (χ1n) is 6.35. The van der Waals surface area contributed by atoms with Crippen LogP contribution in [0.5, 0.6) is 0 Å². The van der Waals surface area contributed by atoms with Gasteiger partial charge in [-0.15, -0.1) is 0 Å². The number of pyridine rings is 1. The van der Waals surface area contributed by atoms with Crippen molar-refractivity contribution >= 4 is 0 Å². The van der Waals surface area contributed by atoms with E-state index < -0.39 is 0 Å². The van der Waals surface area contributed by atoms with Crippen LogP contribution in [0, 0.1) is 5.92 Å². The Hall–Kier alpha value is -1.75. The molecule has 0 aromatic carbocycles. The van der Waals surface area contributed by atoms with Gasteiger partial charge in [0.2, 0.25) is 11.7 Å². The molecule has 1 N–H and O–H groups in total. The summed E-state index contributed by atoms with van der Waals surface area (Å²) in [6.45, 7) is 2.19. The molecule has 0 saturated carbocycles. The molecule has 5 nitrogen and oxygen atoms in total. The first kappa shape index (κ1) is 11.3. The Balaban J connectivity index is 1.69. The highest BCUT2D eigenvalue weighted by molar-refractivity contribution is 5.52. The zero-order chi connectivity index (χ0) is 12.2. The highest BCUT2D eigenvalue weighted by Gasteiger charge is 2.17. The quantitative estimate of drug-likeness (QED) is 0.889. The molecule has 3 rings (SSSR count). The van der Waals surface area contributed by atoms with Gasteiger partial charge in [-0.25, -0.2) is 0 Å². The Labute approximate surface area is 106 Å². The molecule has 0 atom stereocenters. The molecule has 0 aliphatic carbocycles. The van der Waals surface area contributed by atoms with Crippen LogP contribution in [0.3, 0.4) is 0 Å². The summed E-state index contributed by atoms with van der Waals surface area (Å²) < 4.78 is 5.32. The van der Waals surface area contributed by atoms with E-state index in [2.05, 4.69) is 20.4 Å². The number of rotatable bonds is 3. The standard InChI is InChI=1S/C13H16N4O/c1-5-14-6-2-10(1)9-12-16-13(17-18-12)11-3-7-15-8-4-11/h3-4,7-8,10,14H,1-2,5-6,9H2. The predicted octanol–water partition coefficient (Wildman–Crippen LogP) is 1.67. The van der Waals surface area contributed by atoms with Gasteiger partial charge in [0.25, 0.3) is 0 Å². The van der Waals surface area contributed by atoms with Gasteiger partial charge in [0.15, 0.2) is 0 Å². The number of hydrogen-bond donors (Lipinski definition) is 1.